The van der Waals surface area contributed by atoms with E-state index in [0.29, 0.717) is 35.6 Å². The Hall–Kier alpha value is -3.55. The van der Waals surface area contributed by atoms with E-state index in [0.717, 1.165) is 25.4 Å². The van der Waals surface area contributed by atoms with Gasteiger partial charge in [0.15, 0.2) is 11.6 Å². The molecule has 0 saturated heterocycles. The van der Waals surface area contributed by atoms with E-state index in [9.17, 15) is 4.79 Å². The van der Waals surface area contributed by atoms with Crippen LogP contribution in [0.3, 0.4) is 0 Å². The fourth-order valence-corrected chi connectivity index (χ4v) is 6.01. The number of ether oxygens (including phenoxy) is 1. The summed E-state index contributed by atoms with van der Waals surface area (Å²) in [4.78, 5) is 20.9. The van der Waals surface area contributed by atoms with Crippen LogP contribution in [0.25, 0.3) is 21.8 Å². The Morgan fingerprint density at radius 3 is 2.29 bits per heavy atom. The van der Waals surface area contributed by atoms with E-state index in [2.05, 4.69) is 15.9 Å². The third-order valence-corrected chi connectivity index (χ3v) is 8.51. The van der Waals surface area contributed by atoms with E-state index in [-0.39, 0.29) is 17.9 Å². The maximum absolute atomic E-state index is 15.2. The predicted molar refractivity (Wildman–Crippen MR) is 155 cm³/mol. The van der Waals surface area contributed by atoms with Crippen molar-refractivity contribution in [1.29, 1.82) is 0 Å². The first-order valence-corrected chi connectivity index (χ1v) is 13.9. The van der Waals surface area contributed by atoms with Gasteiger partial charge < -0.3 is 4.74 Å². The predicted octanol–water partition coefficient (Wildman–Crippen LogP) is 7.98. The standard InChI is InChI=1S/C31H26BrFN2O2S/c1-20-28(27-18-25(32)21(2)38-27)31(36)35(17-16-22-10-5-3-6-11-22)30(34-20)24-14-9-15-26(33)29(24)37-19-23-12-7-4-8-13-23/h3-15,18H,16-17,19H2,1-2H3. The van der Waals surface area contributed by atoms with E-state index < -0.39 is 5.82 Å². The van der Waals surface area contributed by atoms with Crippen molar-refractivity contribution in [2.75, 3.05) is 0 Å². The van der Waals surface area contributed by atoms with E-state index in [1.807, 2.05) is 80.6 Å². The smallest absolute Gasteiger partial charge is 0.262 e. The van der Waals surface area contributed by atoms with Crippen molar-refractivity contribution in [1.82, 2.24) is 9.55 Å². The molecule has 0 aliphatic rings. The van der Waals surface area contributed by atoms with Gasteiger partial charge in [0.1, 0.15) is 12.4 Å². The van der Waals surface area contributed by atoms with Crippen molar-refractivity contribution in [3.05, 3.63) is 127 Å². The van der Waals surface area contributed by atoms with Gasteiger partial charge in [-0.15, -0.1) is 11.3 Å². The zero-order valence-electron chi connectivity index (χ0n) is 21.1. The van der Waals surface area contributed by atoms with Gasteiger partial charge in [-0.1, -0.05) is 66.7 Å². The molecule has 0 fully saturated rings. The van der Waals surface area contributed by atoms with Crippen LogP contribution in [0, 0.1) is 19.7 Å². The van der Waals surface area contributed by atoms with Crippen LogP contribution in [-0.4, -0.2) is 9.55 Å². The van der Waals surface area contributed by atoms with Gasteiger partial charge in [0.2, 0.25) is 0 Å². The summed E-state index contributed by atoms with van der Waals surface area (Å²) in [6, 6.07) is 26.3. The molecule has 4 nitrogen and oxygen atoms in total. The minimum atomic E-state index is -0.498. The van der Waals surface area contributed by atoms with Crippen LogP contribution in [0.4, 0.5) is 4.39 Å². The normalized spacial score (nSPS) is 11.1. The highest BCUT2D eigenvalue weighted by molar-refractivity contribution is 9.10. The summed E-state index contributed by atoms with van der Waals surface area (Å²) in [5, 5.41) is 0. The van der Waals surface area contributed by atoms with Crippen LogP contribution in [0.5, 0.6) is 5.75 Å². The number of hydrogen-bond donors (Lipinski definition) is 0. The van der Waals surface area contributed by atoms with E-state index in [4.69, 9.17) is 9.72 Å². The van der Waals surface area contributed by atoms with Crippen LogP contribution in [0.15, 0.2) is 94.2 Å². The van der Waals surface area contributed by atoms with Gasteiger partial charge in [0.25, 0.3) is 5.56 Å². The first kappa shape index (κ1) is 26.1. The number of hydrogen-bond acceptors (Lipinski definition) is 4. The van der Waals surface area contributed by atoms with Gasteiger partial charge >= 0.3 is 0 Å². The summed E-state index contributed by atoms with van der Waals surface area (Å²) in [5.74, 6) is -0.0255. The minimum Gasteiger partial charge on any atom is -0.485 e. The summed E-state index contributed by atoms with van der Waals surface area (Å²) in [5.41, 5.74) is 3.46. The second kappa shape index (κ2) is 11.5. The fraction of sp³-hybridized carbons (Fsp3) is 0.161. The van der Waals surface area contributed by atoms with Crippen molar-refractivity contribution < 1.29 is 9.13 Å². The Balaban J connectivity index is 1.64. The quantitative estimate of drug-likeness (QED) is 0.184. The van der Waals surface area contributed by atoms with Gasteiger partial charge in [-0.2, -0.15) is 0 Å². The second-order valence-corrected chi connectivity index (χ2v) is 11.1. The Morgan fingerprint density at radius 1 is 0.947 bits per heavy atom. The van der Waals surface area contributed by atoms with Crippen molar-refractivity contribution in [2.45, 2.75) is 33.4 Å². The maximum atomic E-state index is 15.2. The zero-order valence-corrected chi connectivity index (χ0v) is 23.5. The summed E-state index contributed by atoms with van der Waals surface area (Å²) < 4.78 is 23.8. The lowest BCUT2D eigenvalue weighted by Crippen LogP contribution is -2.27. The molecule has 38 heavy (non-hydrogen) atoms. The topological polar surface area (TPSA) is 44.1 Å². The molecule has 0 spiro atoms. The first-order chi connectivity index (χ1) is 18.4. The molecular weight excluding hydrogens is 563 g/mol. The molecule has 0 unspecified atom stereocenters. The molecule has 192 valence electrons. The molecular formula is C31H26BrFN2O2S. The largest absolute Gasteiger partial charge is 0.485 e. The van der Waals surface area contributed by atoms with E-state index in [1.54, 1.807) is 28.0 Å². The Labute approximate surface area is 233 Å². The van der Waals surface area contributed by atoms with Crippen molar-refractivity contribution in [3.63, 3.8) is 0 Å². The van der Waals surface area contributed by atoms with Crippen molar-refractivity contribution in [3.8, 4) is 27.6 Å². The molecule has 0 aliphatic carbocycles. The Kier molecular flexibility index (Phi) is 7.86. The summed E-state index contributed by atoms with van der Waals surface area (Å²) in [6.07, 6.45) is 0.626. The average Bonchev–Trinajstić information content (AvgIpc) is 3.25. The molecule has 7 heteroatoms. The van der Waals surface area contributed by atoms with Crippen LogP contribution < -0.4 is 10.3 Å². The molecule has 0 aliphatic heterocycles. The molecule has 0 bridgehead atoms. The number of aryl methyl sites for hydroxylation is 3. The number of aromatic nitrogens is 2. The minimum absolute atomic E-state index is 0.0820. The molecule has 5 rings (SSSR count). The lowest BCUT2D eigenvalue weighted by Gasteiger charge is -2.18. The van der Waals surface area contributed by atoms with Gasteiger partial charge in [-0.25, -0.2) is 9.37 Å². The van der Waals surface area contributed by atoms with E-state index >= 15 is 4.39 Å². The highest BCUT2D eigenvalue weighted by atomic mass is 79.9. The molecule has 0 amide bonds. The molecule has 5 aromatic rings. The van der Waals surface area contributed by atoms with Crippen LogP contribution in [0.2, 0.25) is 0 Å². The molecule has 0 saturated carbocycles. The highest BCUT2D eigenvalue weighted by Gasteiger charge is 2.22. The summed E-state index contributed by atoms with van der Waals surface area (Å²) in [6.45, 7) is 4.42. The highest BCUT2D eigenvalue weighted by Crippen LogP contribution is 2.36. The summed E-state index contributed by atoms with van der Waals surface area (Å²) in [7, 11) is 0. The van der Waals surface area contributed by atoms with Gasteiger partial charge in [-0.3, -0.25) is 9.36 Å². The number of thiophene rings is 1. The monoisotopic (exact) mass is 588 g/mol. The molecule has 2 heterocycles. The van der Waals surface area contributed by atoms with Gasteiger partial charge in [-0.05, 0) is 65.5 Å². The first-order valence-electron chi connectivity index (χ1n) is 12.3. The fourth-order valence-electron chi connectivity index (χ4n) is 4.39. The number of para-hydroxylation sites is 1. The second-order valence-electron chi connectivity index (χ2n) is 8.99. The zero-order chi connectivity index (χ0) is 26.6. The molecule has 0 N–H and O–H groups in total. The van der Waals surface area contributed by atoms with Crippen molar-refractivity contribution >= 4 is 27.3 Å². The van der Waals surface area contributed by atoms with Crippen LogP contribution in [0.1, 0.15) is 21.7 Å². The Bertz CT molecular complexity index is 1610. The number of benzene rings is 3. The van der Waals surface area contributed by atoms with Crippen LogP contribution >= 0.6 is 27.3 Å². The number of rotatable bonds is 8. The molecule has 0 radical (unpaired) electrons. The third kappa shape index (κ3) is 5.49. The molecule has 2 aromatic heterocycles. The van der Waals surface area contributed by atoms with Gasteiger partial charge in [0.05, 0.1) is 16.8 Å². The number of nitrogens with zero attached hydrogens (tertiary/aromatic N) is 2. The SMILES string of the molecule is Cc1nc(-c2cccc(F)c2OCc2ccccc2)n(CCc2ccccc2)c(=O)c1-c1cc(Br)c(C)s1. The number of halogens is 2. The van der Waals surface area contributed by atoms with Crippen molar-refractivity contribution in [2.24, 2.45) is 0 Å². The van der Waals surface area contributed by atoms with Gasteiger partial charge in [0, 0.05) is 20.8 Å². The lowest BCUT2D eigenvalue weighted by atomic mass is 10.1. The summed E-state index contributed by atoms with van der Waals surface area (Å²) >= 11 is 5.12. The maximum Gasteiger partial charge on any atom is 0.262 e. The third-order valence-electron chi connectivity index (χ3n) is 6.35. The molecule has 3 aromatic carbocycles. The van der Waals surface area contributed by atoms with Crippen LogP contribution in [-0.2, 0) is 19.6 Å². The lowest BCUT2D eigenvalue weighted by molar-refractivity contribution is 0.291. The molecule has 0 atom stereocenters. The Morgan fingerprint density at radius 2 is 1.63 bits per heavy atom. The van der Waals surface area contributed by atoms with E-state index in [1.165, 1.54) is 6.07 Å². The average molecular weight is 590 g/mol.